The molecule has 0 bridgehead atoms. The van der Waals surface area contributed by atoms with Crippen LogP contribution in [0.2, 0.25) is 0 Å². The van der Waals surface area contributed by atoms with Crippen LogP contribution < -0.4 is 10.1 Å². The van der Waals surface area contributed by atoms with Gasteiger partial charge in [-0.05, 0) is 38.0 Å². The number of benzene rings is 1. The fourth-order valence-corrected chi connectivity index (χ4v) is 2.58. The molecule has 1 fully saturated rings. The highest BCUT2D eigenvalue weighted by Gasteiger charge is 2.42. The first-order chi connectivity index (χ1) is 10.4. The topological polar surface area (TPSA) is 78.9 Å². The number of carbonyl (C=O) groups is 2. The third kappa shape index (κ3) is 3.32. The molecule has 2 N–H and O–H groups in total. The van der Waals surface area contributed by atoms with E-state index < -0.39 is 11.4 Å². The van der Waals surface area contributed by atoms with E-state index in [2.05, 4.69) is 5.32 Å². The Bertz CT molecular complexity index is 575. The molecule has 2 rings (SSSR count). The minimum atomic E-state index is -0.858. The standard InChI is InChI=1S/C16H22N2O4/c1-11(12-5-4-6-13(9-12)22-3)17-15(21)18-8-7-16(2,10-18)14(19)20/h4-6,9,11H,7-8,10H2,1-3H3,(H,17,21)(H,19,20). The van der Waals surface area contributed by atoms with Crippen molar-refractivity contribution in [3.63, 3.8) is 0 Å². The Morgan fingerprint density at radius 2 is 2.18 bits per heavy atom. The number of urea groups is 1. The van der Waals surface area contributed by atoms with Gasteiger partial charge in [-0.3, -0.25) is 4.79 Å². The number of hydrogen-bond acceptors (Lipinski definition) is 3. The SMILES string of the molecule is COc1cccc(C(C)NC(=O)N2CCC(C)(C(=O)O)C2)c1. The van der Waals surface area contributed by atoms with Crippen molar-refractivity contribution in [3.05, 3.63) is 29.8 Å². The normalized spacial score (nSPS) is 22.2. The number of ether oxygens (including phenoxy) is 1. The van der Waals surface area contributed by atoms with Crippen LogP contribution in [0.25, 0.3) is 0 Å². The van der Waals surface area contributed by atoms with Crippen molar-refractivity contribution < 1.29 is 19.4 Å². The summed E-state index contributed by atoms with van der Waals surface area (Å²) in [5.41, 5.74) is 0.0872. The molecule has 1 aromatic carbocycles. The first-order valence-corrected chi connectivity index (χ1v) is 7.28. The average Bonchev–Trinajstić information content (AvgIpc) is 2.91. The molecular formula is C16H22N2O4. The lowest BCUT2D eigenvalue weighted by molar-refractivity contribution is -0.146. The van der Waals surface area contributed by atoms with E-state index in [1.165, 1.54) is 0 Å². The van der Waals surface area contributed by atoms with Gasteiger partial charge in [-0.25, -0.2) is 4.79 Å². The van der Waals surface area contributed by atoms with Crippen molar-refractivity contribution >= 4 is 12.0 Å². The Morgan fingerprint density at radius 3 is 2.77 bits per heavy atom. The van der Waals surface area contributed by atoms with Crippen LogP contribution in [0.1, 0.15) is 31.9 Å². The lowest BCUT2D eigenvalue weighted by atomic mass is 9.90. The summed E-state index contributed by atoms with van der Waals surface area (Å²) < 4.78 is 5.18. The third-order valence-electron chi connectivity index (χ3n) is 4.21. The molecule has 1 aromatic rings. The second kappa shape index (κ2) is 6.25. The number of rotatable bonds is 4. The second-order valence-corrected chi connectivity index (χ2v) is 5.99. The summed E-state index contributed by atoms with van der Waals surface area (Å²) in [5, 5.41) is 12.1. The van der Waals surface area contributed by atoms with Gasteiger partial charge in [0.05, 0.1) is 18.6 Å². The Labute approximate surface area is 130 Å². The van der Waals surface area contributed by atoms with Crippen molar-refractivity contribution in [2.75, 3.05) is 20.2 Å². The molecule has 2 amide bonds. The molecule has 22 heavy (non-hydrogen) atoms. The summed E-state index contributed by atoms with van der Waals surface area (Å²) in [7, 11) is 1.60. The monoisotopic (exact) mass is 306 g/mol. The van der Waals surface area contributed by atoms with Crippen LogP contribution in [0, 0.1) is 5.41 Å². The van der Waals surface area contributed by atoms with E-state index in [9.17, 15) is 14.7 Å². The van der Waals surface area contributed by atoms with Crippen LogP contribution in [-0.2, 0) is 4.79 Å². The second-order valence-electron chi connectivity index (χ2n) is 5.99. The molecule has 6 heteroatoms. The van der Waals surface area contributed by atoms with Crippen molar-refractivity contribution in [1.82, 2.24) is 10.2 Å². The van der Waals surface area contributed by atoms with Crippen molar-refractivity contribution in [1.29, 1.82) is 0 Å². The lowest BCUT2D eigenvalue weighted by Gasteiger charge is -2.23. The number of likely N-dealkylation sites (tertiary alicyclic amines) is 1. The van der Waals surface area contributed by atoms with E-state index in [-0.39, 0.29) is 18.6 Å². The zero-order valence-electron chi connectivity index (χ0n) is 13.1. The molecule has 0 aliphatic carbocycles. The van der Waals surface area contributed by atoms with Crippen LogP contribution in [0.3, 0.4) is 0 Å². The largest absolute Gasteiger partial charge is 0.497 e. The number of carboxylic acids is 1. The van der Waals surface area contributed by atoms with Crippen LogP contribution >= 0.6 is 0 Å². The molecule has 0 aromatic heterocycles. The van der Waals surface area contributed by atoms with Gasteiger partial charge >= 0.3 is 12.0 Å². The highest BCUT2D eigenvalue weighted by molar-refractivity contribution is 5.79. The summed E-state index contributed by atoms with van der Waals surface area (Å²) in [5.74, 6) is -0.123. The quantitative estimate of drug-likeness (QED) is 0.894. The molecular weight excluding hydrogens is 284 g/mol. The molecule has 2 atom stereocenters. The molecule has 1 heterocycles. The summed E-state index contributed by atoms with van der Waals surface area (Å²) in [6.07, 6.45) is 0.475. The fourth-order valence-electron chi connectivity index (χ4n) is 2.58. The van der Waals surface area contributed by atoms with E-state index in [0.717, 1.165) is 11.3 Å². The predicted octanol–water partition coefficient (Wildman–Crippen LogP) is 2.26. The average molecular weight is 306 g/mol. The Morgan fingerprint density at radius 1 is 1.45 bits per heavy atom. The number of aliphatic carboxylic acids is 1. The van der Waals surface area contributed by atoms with Gasteiger partial charge < -0.3 is 20.1 Å². The number of hydrogen-bond donors (Lipinski definition) is 2. The minimum Gasteiger partial charge on any atom is -0.497 e. The predicted molar refractivity (Wildman–Crippen MR) is 81.9 cm³/mol. The number of nitrogens with zero attached hydrogens (tertiary/aromatic N) is 1. The molecule has 120 valence electrons. The van der Waals surface area contributed by atoms with Gasteiger partial charge in [-0.15, -0.1) is 0 Å². The number of amides is 2. The number of carbonyl (C=O) groups excluding carboxylic acids is 1. The highest BCUT2D eigenvalue weighted by Crippen LogP contribution is 2.30. The molecule has 0 saturated carbocycles. The van der Waals surface area contributed by atoms with Crippen LogP contribution in [0.5, 0.6) is 5.75 Å². The van der Waals surface area contributed by atoms with Gasteiger partial charge in [0.25, 0.3) is 0 Å². The van der Waals surface area contributed by atoms with Gasteiger partial charge in [-0.2, -0.15) is 0 Å². The molecule has 1 saturated heterocycles. The van der Waals surface area contributed by atoms with Crippen molar-refractivity contribution in [2.24, 2.45) is 5.41 Å². The minimum absolute atomic E-state index is 0.181. The van der Waals surface area contributed by atoms with E-state index >= 15 is 0 Å². The summed E-state index contributed by atoms with van der Waals surface area (Å²) in [6, 6.07) is 7.08. The summed E-state index contributed by atoms with van der Waals surface area (Å²) >= 11 is 0. The Balaban J connectivity index is 1.98. The van der Waals surface area contributed by atoms with Gasteiger partial charge in [0.15, 0.2) is 0 Å². The van der Waals surface area contributed by atoms with Crippen LogP contribution in [-0.4, -0.2) is 42.2 Å². The third-order valence-corrected chi connectivity index (χ3v) is 4.21. The summed E-state index contributed by atoms with van der Waals surface area (Å²) in [6.45, 7) is 4.26. The molecule has 2 unspecified atom stereocenters. The molecule has 6 nitrogen and oxygen atoms in total. The van der Waals surface area contributed by atoms with Gasteiger partial charge in [0.2, 0.25) is 0 Å². The first-order valence-electron chi connectivity index (χ1n) is 7.28. The summed E-state index contributed by atoms with van der Waals surface area (Å²) in [4.78, 5) is 25.1. The van der Waals surface area contributed by atoms with Crippen molar-refractivity contribution in [2.45, 2.75) is 26.3 Å². The zero-order valence-corrected chi connectivity index (χ0v) is 13.1. The lowest BCUT2D eigenvalue weighted by Crippen LogP contribution is -2.41. The number of nitrogens with one attached hydrogen (secondary N) is 1. The van der Waals surface area contributed by atoms with Crippen LogP contribution in [0.15, 0.2) is 24.3 Å². The van der Waals surface area contributed by atoms with Crippen molar-refractivity contribution in [3.8, 4) is 5.75 Å². The molecule has 0 radical (unpaired) electrons. The maximum Gasteiger partial charge on any atom is 0.317 e. The maximum absolute atomic E-state index is 12.3. The molecule has 0 spiro atoms. The Hall–Kier alpha value is -2.24. The molecule has 1 aliphatic heterocycles. The number of methoxy groups -OCH3 is 1. The highest BCUT2D eigenvalue weighted by atomic mass is 16.5. The van der Waals surface area contributed by atoms with Gasteiger partial charge in [-0.1, -0.05) is 12.1 Å². The van der Waals surface area contributed by atoms with Crippen LogP contribution in [0.4, 0.5) is 4.79 Å². The van der Waals surface area contributed by atoms with Gasteiger partial charge in [0, 0.05) is 13.1 Å². The van der Waals surface area contributed by atoms with E-state index in [0.29, 0.717) is 13.0 Å². The smallest absolute Gasteiger partial charge is 0.317 e. The van der Waals surface area contributed by atoms with E-state index in [4.69, 9.17) is 4.74 Å². The Kier molecular flexibility index (Phi) is 4.59. The van der Waals surface area contributed by atoms with E-state index in [1.807, 2.05) is 31.2 Å². The maximum atomic E-state index is 12.3. The van der Waals surface area contributed by atoms with E-state index in [1.54, 1.807) is 18.9 Å². The molecule has 1 aliphatic rings. The number of carboxylic acid groups (broad SMARTS) is 1. The fraction of sp³-hybridized carbons (Fsp3) is 0.500. The first kappa shape index (κ1) is 16.1. The van der Waals surface area contributed by atoms with Gasteiger partial charge in [0.1, 0.15) is 5.75 Å². The zero-order chi connectivity index (χ0) is 16.3.